The molecule has 0 radical (unpaired) electrons. The van der Waals surface area contributed by atoms with Crippen LogP contribution in [0.15, 0.2) is 36.4 Å². The first-order chi connectivity index (χ1) is 10.3. The molecule has 0 saturated carbocycles. The minimum absolute atomic E-state index is 0.180. The second-order valence-corrected chi connectivity index (χ2v) is 5.91. The Morgan fingerprint density at radius 3 is 2.32 bits per heavy atom. The molecule has 0 atom stereocenters. The number of esters is 1. The maximum atomic E-state index is 11.8. The van der Waals surface area contributed by atoms with Crippen molar-refractivity contribution in [3.8, 4) is 0 Å². The van der Waals surface area contributed by atoms with Crippen LogP contribution < -0.4 is 11.1 Å². The molecule has 2 aromatic rings. The predicted molar refractivity (Wildman–Crippen MR) is 91.2 cm³/mol. The van der Waals surface area contributed by atoms with Gasteiger partial charge in [0.15, 0.2) is 0 Å². The van der Waals surface area contributed by atoms with Gasteiger partial charge in [-0.3, -0.25) is 0 Å². The summed E-state index contributed by atoms with van der Waals surface area (Å²) in [5, 5.41) is 4.15. The van der Waals surface area contributed by atoms with Crippen LogP contribution in [0.2, 0.25) is 10.0 Å². The zero-order chi connectivity index (χ0) is 16.3. The Kier molecular flexibility index (Phi) is 5.16. The molecule has 0 spiro atoms. The molecule has 0 aliphatic heterocycles. The van der Waals surface area contributed by atoms with Crippen LogP contribution in [0.4, 0.5) is 17.1 Å². The van der Waals surface area contributed by atoms with Crippen molar-refractivity contribution >= 4 is 46.2 Å². The molecule has 0 fully saturated rings. The molecule has 4 nitrogen and oxygen atoms in total. The molecule has 0 bridgehead atoms. The molecule has 3 N–H and O–H groups in total. The third kappa shape index (κ3) is 4.29. The first-order valence-corrected chi connectivity index (χ1v) is 7.44. The third-order valence-electron chi connectivity index (χ3n) is 2.77. The molecule has 0 aliphatic rings. The van der Waals surface area contributed by atoms with Crippen LogP contribution in [0, 0.1) is 0 Å². The molecular weight excluding hydrogens is 323 g/mol. The first-order valence-electron chi connectivity index (χ1n) is 6.69. The van der Waals surface area contributed by atoms with Crippen molar-refractivity contribution in [2.45, 2.75) is 20.0 Å². The van der Waals surface area contributed by atoms with Crippen molar-refractivity contribution in [3.63, 3.8) is 0 Å². The van der Waals surface area contributed by atoms with E-state index in [0.29, 0.717) is 32.7 Å². The number of hydrogen-bond acceptors (Lipinski definition) is 4. The number of halogens is 2. The third-order valence-corrected chi connectivity index (χ3v) is 3.21. The average molecular weight is 339 g/mol. The van der Waals surface area contributed by atoms with E-state index in [2.05, 4.69) is 5.32 Å². The molecule has 6 heteroatoms. The lowest BCUT2D eigenvalue weighted by Crippen LogP contribution is -2.12. The summed E-state index contributed by atoms with van der Waals surface area (Å²) in [7, 11) is 0. The molecule has 0 aliphatic carbocycles. The fourth-order valence-electron chi connectivity index (χ4n) is 1.87. The van der Waals surface area contributed by atoms with Crippen LogP contribution in [0.5, 0.6) is 0 Å². The van der Waals surface area contributed by atoms with Gasteiger partial charge in [-0.1, -0.05) is 23.2 Å². The number of benzene rings is 2. The van der Waals surface area contributed by atoms with Crippen molar-refractivity contribution in [2.24, 2.45) is 0 Å². The highest BCUT2D eigenvalue weighted by Crippen LogP contribution is 2.28. The van der Waals surface area contributed by atoms with Gasteiger partial charge in [-0.15, -0.1) is 0 Å². The Hall–Kier alpha value is -1.91. The standard InChI is InChI=1S/C16H16Cl2N2O2/c1-9(2)22-16(21)10-3-4-15(14(19)5-10)20-13-7-11(17)6-12(18)8-13/h3-9,20H,19H2,1-2H3. The van der Waals surface area contributed by atoms with Gasteiger partial charge in [0.1, 0.15) is 0 Å². The summed E-state index contributed by atoms with van der Waals surface area (Å²) < 4.78 is 5.13. The number of rotatable bonds is 4. The van der Waals surface area contributed by atoms with Crippen molar-refractivity contribution in [2.75, 3.05) is 11.1 Å². The lowest BCUT2D eigenvalue weighted by atomic mass is 10.1. The molecule has 0 aromatic heterocycles. The molecule has 116 valence electrons. The zero-order valence-electron chi connectivity index (χ0n) is 12.2. The summed E-state index contributed by atoms with van der Waals surface area (Å²) in [5.41, 5.74) is 8.17. The number of ether oxygens (including phenoxy) is 1. The van der Waals surface area contributed by atoms with Gasteiger partial charge in [0.25, 0.3) is 0 Å². The number of hydrogen-bond donors (Lipinski definition) is 2. The van der Waals surface area contributed by atoms with Crippen LogP contribution in [0.1, 0.15) is 24.2 Å². The van der Waals surface area contributed by atoms with Crippen molar-refractivity contribution in [3.05, 3.63) is 52.0 Å². The van der Waals surface area contributed by atoms with Gasteiger partial charge in [-0.25, -0.2) is 4.79 Å². The van der Waals surface area contributed by atoms with E-state index in [1.165, 1.54) is 0 Å². The SMILES string of the molecule is CC(C)OC(=O)c1ccc(Nc2cc(Cl)cc(Cl)c2)c(N)c1. The second kappa shape index (κ2) is 6.90. The number of nitrogen functional groups attached to an aromatic ring is 1. The molecule has 0 amide bonds. The van der Waals surface area contributed by atoms with Gasteiger partial charge in [0.2, 0.25) is 0 Å². The van der Waals surface area contributed by atoms with Crippen LogP contribution >= 0.6 is 23.2 Å². The van der Waals surface area contributed by atoms with E-state index >= 15 is 0 Å². The zero-order valence-corrected chi connectivity index (χ0v) is 13.7. The Morgan fingerprint density at radius 2 is 1.77 bits per heavy atom. The molecular formula is C16H16Cl2N2O2. The minimum Gasteiger partial charge on any atom is -0.459 e. The van der Waals surface area contributed by atoms with E-state index in [4.69, 9.17) is 33.7 Å². The Bertz CT molecular complexity index is 682. The van der Waals surface area contributed by atoms with Gasteiger partial charge in [-0.05, 0) is 50.2 Å². The van der Waals surface area contributed by atoms with E-state index < -0.39 is 5.97 Å². The highest BCUT2D eigenvalue weighted by Gasteiger charge is 2.11. The molecule has 0 saturated heterocycles. The largest absolute Gasteiger partial charge is 0.459 e. The average Bonchev–Trinajstić information content (AvgIpc) is 2.39. The monoisotopic (exact) mass is 338 g/mol. The number of anilines is 3. The fourth-order valence-corrected chi connectivity index (χ4v) is 2.39. The second-order valence-electron chi connectivity index (χ2n) is 5.04. The summed E-state index contributed by atoms with van der Waals surface area (Å²) in [6.07, 6.45) is -0.180. The summed E-state index contributed by atoms with van der Waals surface area (Å²) in [4.78, 5) is 11.8. The molecule has 0 heterocycles. The maximum absolute atomic E-state index is 11.8. The van der Waals surface area contributed by atoms with Crippen LogP contribution in [-0.4, -0.2) is 12.1 Å². The van der Waals surface area contributed by atoms with E-state index in [1.807, 2.05) is 0 Å². The molecule has 2 rings (SSSR count). The summed E-state index contributed by atoms with van der Waals surface area (Å²) >= 11 is 11.9. The van der Waals surface area contributed by atoms with E-state index in [1.54, 1.807) is 50.2 Å². The van der Waals surface area contributed by atoms with Crippen molar-refractivity contribution < 1.29 is 9.53 Å². The quantitative estimate of drug-likeness (QED) is 0.615. The Balaban J connectivity index is 2.21. The lowest BCUT2D eigenvalue weighted by Gasteiger charge is -2.12. The van der Waals surface area contributed by atoms with Gasteiger partial charge in [0, 0.05) is 15.7 Å². The minimum atomic E-state index is -0.404. The van der Waals surface area contributed by atoms with Crippen molar-refractivity contribution in [1.29, 1.82) is 0 Å². The summed E-state index contributed by atoms with van der Waals surface area (Å²) in [6.45, 7) is 3.58. The van der Waals surface area contributed by atoms with Crippen molar-refractivity contribution in [1.82, 2.24) is 0 Å². The predicted octanol–water partition coefficient (Wildman–Crippen LogP) is 4.88. The topological polar surface area (TPSA) is 64.3 Å². The number of nitrogens with two attached hydrogens (primary N) is 1. The van der Waals surface area contributed by atoms with Gasteiger partial charge >= 0.3 is 5.97 Å². The van der Waals surface area contributed by atoms with E-state index in [9.17, 15) is 4.79 Å². The Labute approximate surface area is 139 Å². The fraction of sp³-hybridized carbons (Fsp3) is 0.188. The number of carbonyl (C=O) groups excluding carboxylic acids is 1. The highest BCUT2D eigenvalue weighted by molar-refractivity contribution is 6.35. The van der Waals surface area contributed by atoms with Crippen LogP contribution in [0.25, 0.3) is 0 Å². The van der Waals surface area contributed by atoms with Crippen LogP contribution in [0.3, 0.4) is 0 Å². The van der Waals surface area contributed by atoms with E-state index in [-0.39, 0.29) is 6.10 Å². The maximum Gasteiger partial charge on any atom is 0.338 e. The molecule has 0 unspecified atom stereocenters. The van der Waals surface area contributed by atoms with Gasteiger partial charge in [0.05, 0.1) is 23.0 Å². The molecule has 2 aromatic carbocycles. The van der Waals surface area contributed by atoms with Gasteiger partial charge < -0.3 is 15.8 Å². The van der Waals surface area contributed by atoms with Gasteiger partial charge in [-0.2, -0.15) is 0 Å². The number of nitrogens with one attached hydrogen (secondary N) is 1. The van der Waals surface area contributed by atoms with Crippen LogP contribution in [-0.2, 0) is 4.74 Å². The Morgan fingerprint density at radius 1 is 1.14 bits per heavy atom. The highest BCUT2D eigenvalue weighted by atomic mass is 35.5. The lowest BCUT2D eigenvalue weighted by molar-refractivity contribution is 0.0378. The summed E-state index contributed by atoms with van der Waals surface area (Å²) in [6, 6.07) is 10.0. The summed E-state index contributed by atoms with van der Waals surface area (Å²) in [5.74, 6) is -0.404. The first kappa shape index (κ1) is 16.5. The molecule has 22 heavy (non-hydrogen) atoms. The normalized spacial score (nSPS) is 10.6. The smallest absolute Gasteiger partial charge is 0.338 e. The number of carbonyl (C=O) groups is 1. The van der Waals surface area contributed by atoms with E-state index in [0.717, 1.165) is 0 Å².